The lowest BCUT2D eigenvalue weighted by atomic mass is 10.0. The van der Waals surface area contributed by atoms with Crippen molar-refractivity contribution in [3.8, 4) is 5.75 Å². The maximum Gasteiger partial charge on any atom is 0.134 e. The second-order valence-electron chi connectivity index (χ2n) is 3.63. The molecule has 0 aliphatic carbocycles. The Hall–Kier alpha value is -1.16. The van der Waals surface area contributed by atoms with E-state index in [9.17, 15) is 8.78 Å². The largest absolute Gasteiger partial charge is 0.488 e. The van der Waals surface area contributed by atoms with Crippen LogP contribution in [0, 0.1) is 11.6 Å². The fraction of sp³-hybridized carbons (Fsp3) is 0.455. The van der Waals surface area contributed by atoms with Crippen LogP contribution in [0.3, 0.4) is 0 Å². The molecule has 0 aromatic heterocycles. The van der Waals surface area contributed by atoms with Crippen LogP contribution in [0.5, 0.6) is 5.75 Å². The van der Waals surface area contributed by atoms with Crippen molar-refractivity contribution in [3.63, 3.8) is 0 Å². The van der Waals surface area contributed by atoms with E-state index >= 15 is 0 Å². The van der Waals surface area contributed by atoms with Crippen LogP contribution < -0.4 is 10.1 Å². The average Bonchev–Trinajstić information content (AvgIpc) is 2.55. The molecular formula is C11H13F2NO. The van der Waals surface area contributed by atoms with Gasteiger partial charge in [-0.3, -0.25) is 0 Å². The van der Waals surface area contributed by atoms with Crippen LogP contribution in [0.25, 0.3) is 0 Å². The first-order valence-electron chi connectivity index (χ1n) is 5.00. The molecule has 82 valence electrons. The highest BCUT2D eigenvalue weighted by molar-refractivity contribution is 5.42. The van der Waals surface area contributed by atoms with Gasteiger partial charge in [-0.15, -0.1) is 0 Å². The normalized spacial score (nSPS) is 23.7. The number of halogens is 2. The zero-order valence-corrected chi connectivity index (χ0v) is 8.68. The minimum Gasteiger partial charge on any atom is -0.488 e. The molecule has 2 rings (SSSR count). The van der Waals surface area contributed by atoms with Crippen LogP contribution in [-0.4, -0.2) is 13.2 Å². The van der Waals surface area contributed by atoms with Gasteiger partial charge >= 0.3 is 0 Å². The van der Waals surface area contributed by atoms with E-state index in [1.54, 1.807) is 7.05 Å². The molecule has 2 unspecified atom stereocenters. The molecular weight excluding hydrogens is 200 g/mol. The number of rotatable bonds is 2. The molecule has 0 amide bonds. The van der Waals surface area contributed by atoms with Crippen LogP contribution in [-0.2, 0) is 0 Å². The minimum atomic E-state index is -0.599. The van der Waals surface area contributed by atoms with E-state index in [0.29, 0.717) is 11.3 Å². The van der Waals surface area contributed by atoms with E-state index in [2.05, 4.69) is 5.32 Å². The lowest BCUT2D eigenvalue weighted by Crippen LogP contribution is -2.28. The highest BCUT2D eigenvalue weighted by atomic mass is 19.1. The van der Waals surface area contributed by atoms with Crippen molar-refractivity contribution in [3.05, 3.63) is 29.3 Å². The van der Waals surface area contributed by atoms with Gasteiger partial charge in [-0.1, -0.05) is 6.92 Å². The number of likely N-dealkylation sites (N-methyl/N-ethyl adjacent to an activating group) is 1. The topological polar surface area (TPSA) is 21.3 Å². The third-order valence-electron chi connectivity index (χ3n) is 2.73. The Kier molecular flexibility index (Phi) is 2.61. The third-order valence-corrected chi connectivity index (χ3v) is 2.73. The van der Waals surface area contributed by atoms with Crippen molar-refractivity contribution in [1.29, 1.82) is 0 Å². The molecule has 4 heteroatoms. The predicted octanol–water partition coefficient (Wildman–Crippen LogP) is 2.40. The molecule has 1 aliphatic rings. The number of ether oxygens (including phenoxy) is 1. The molecule has 1 heterocycles. The van der Waals surface area contributed by atoms with Crippen molar-refractivity contribution >= 4 is 0 Å². The molecule has 0 spiro atoms. The number of nitrogens with one attached hydrogen (secondary N) is 1. The van der Waals surface area contributed by atoms with E-state index in [0.717, 1.165) is 12.5 Å². The van der Waals surface area contributed by atoms with Crippen molar-refractivity contribution < 1.29 is 13.5 Å². The first kappa shape index (κ1) is 10.4. The Labute approximate surface area is 87.2 Å². The van der Waals surface area contributed by atoms with E-state index in [1.807, 2.05) is 6.92 Å². The number of hydrogen-bond donors (Lipinski definition) is 1. The molecule has 2 nitrogen and oxygen atoms in total. The summed E-state index contributed by atoms with van der Waals surface area (Å²) in [6.45, 7) is 1.95. The molecule has 0 saturated heterocycles. The Morgan fingerprint density at radius 1 is 1.40 bits per heavy atom. The van der Waals surface area contributed by atoms with Gasteiger partial charge in [0.15, 0.2) is 0 Å². The van der Waals surface area contributed by atoms with Gasteiger partial charge in [0.05, 0.1) is 11.6 Å². The van der Waals surface area contributed by atoms with Gasteiger partial charge in [0.1, 0.15) is 23.5 Å². The van der Waals surface area contributed by atoms with Crippen LogP contribution in [0.4, 0.5) is 8.78 Å². The zero-order valence-electron chi connectivity index (χ0n) is 8.68. The smallest absolute Gasteiger partial charge is 0.134 e. The van der Waals surface area contributed by atoms with Crippen molar-refractivity contribution in [2.45, 2.75) is 25.5 Å². The van der Waals surface area contributed by atoms with E-state index in [4.69, 9.17) is 4.74 Å². The van der Waals surface area contributed by atoms with Crippen LogP contribution >= 0.6 is 0 Å². The summed E-state index contributed by atoms with van der Waals surface area (Å²) in [7, 11) is 1.74. The van der Waals surface area contributed by atoms with Gasteiger partial charge in [0, 0.05) is 12.1 Å². The summed E-state index contributed by atoms with van der Waals surface area (Å²) in [4.78, 5) is 0. The van der Waals surface area contributed by atoms with E-state index < -0.39 is 11.6 Å². The molecule has 0 fully saturated rings. The average molecular weight is 213 g/mol. The Morgan fingerprint density at radius 2 is 2.13 bits per heavy atom. The minimum absolute atomic E-state index is 0.124. The summed E-state index contributed by atoms with van der Waals surface area (Å²) in [6, 6.07) is 1.94. The summed E-state index contributed by atoms with van der Waals surface area (Å²) in [5, 5.41) is 2.99. The molecule has 1 aromatic carbocycles. The van der Waals surface area contributed by atoms with Crippen LogP contribution in [0.2, 0.25) is 0 Å². The molecule has 0 radical (unpaired) electrons. The number of hydrogen-bond acceptors (Lipinski definition) is 2. The molecule has 1 N–H and O–H groups in total. The molecule has 1 aromatic rings. The standard InChI is InChI=1S/C11H13F2NO/c1-3-8-11(14-2)10-7(13)4-6(12)5-9(10)15-8/h4-5,8,11,14H,3H2,1-2H3. The summed E-state index contributed by atoms with van der Waals surface area (Å²) in [5.41, 5.74) is 0.436. The van der Waals surface area contributed by atoms with Gasteiger partial charge in [0.2, 0.25) is 0 Å². The second kappa shape index (κ2) is 3.77. The van der Waals surface area contributed by atoms with Crippen molar-refractivity contribution in [1.82, 2.24) is 5.32 Å². The van der Waals surface area contributed by atoms with E-state index in [1.165, 1.54) is 6.07 Å². The van der Waals surface area contributed by atoms with Crippen molar-refractivity contribution in [2.75, 3.05) is 7.05 Å². The lowest BCUT2D eigenvalue weighted by molar-refractivity contribution is 0.188. The lowest BCUT2D eigenvalue weighted by Gasteiger charge is -2.16. The van der Waals surface area contributed by atoms with E-state index in [-0.39, 0.29) is 12.1 Å². The maximum atomic E-state index is 13.5. The van der Waals surface area contributed by atoms with Gasteiger partial charge in [-0.25, -0.2) is 8.78 Å². The molecule has 0 saturated carbocycles. The van der Waals surface area contributed by atoms with Crippen LogP contribution in [0.1, 0.15) is 24.9 Å². The van der Waals surface area contributed by atoms with Crippen LogP contribution in [0.15, 0.2) is 12.1 Å². The fourth-order valence-corrected chi connectivity index (χ4v) is 2.03. The molecule has 2 atom stereocenters. The molecule has 0 bridgehead atoms. The summed E-state index contributed by atoms with van der Waals surface area (Å²) < 4.78 is 32.0. The Balaban J connectivity index is 2.47. The van der Waals surface area contributed by atoms with Gasteiger partial charge in [-0.2, -0.15) is 0 Å². The Morgan fingerprint density at radius 3 is 2.73 bits per heavy atom. The summed E-state index contributed by atoms with van der Waals surface area (Å²) in [5.74, 6) is -0.822. The first-order chi connectivity index (χ1) is 7.17. The highest BCUT2D eigenvalue weighted by Gasteiger charge is 2.35. The summed E-state index contributed by atoms with van der Waals surface area (Å²) >= 11 is 0. The number of fused-ring (bicyclic) bond motifs is 1. The molecule has 15 heavy (non-hydrogen) atoms. The predicted molar refractivity (Wildman–Crippen MR) is 52.9 cm³/mol. The second-order valence-corrected chi connectivity index (χ2v) is 3.63. The number of benzene rings is 1. The summed E-state index contributed by atoms with van der Waals surface area (Å²) in [6.07, 6.45) is 0.627. The van der Waals surface area contributed by atoms with Gasteiger partial charge < -0.3 is 10.1 Å². The first-order valence-corrected chi connectivity index (χ1v) is 5.00. The monoisotopic (exact) mass is 213 g/mol. The van der Waals surface area contributed by atoms with Gasteiger partial charge in [-0.05, 0) is 13.5 Å². The third kappa shape index (κ3) is 1.59. The zero-order chi connectivity index (χ0) is 11.0. The SMILES string of the molecule is CCC1Oc2cc(F)cc(F)c2C1NC. The highest BCUT2D eigenvalue weighted by Crippen LogP contribution is 2.39. The Bertz CT molecular complexity index is 381. The molecule has 1 aliphatic heterocycles. The van der Waals surface area contributed by atoms with Crippen molar-refractivity contribution in [2.24, 2.45) is 0 Å². The quantitative estimate of drug-likeness (QED) is 0.814. The van der Waals surface area contributed by atoms with Gasteiger partial charge in [0.25, 0.3) is 0 Å². The maximum absolute atomic E-state index is 13.5. The fourth-order valence-electron chi connectivity index (χ4n) is 2.03.